The van der Waals surface area contributed by atoms with Crippen molar-refractivity contribution in [2.24, 2.45) is 0 Å². The quantitative estimate of drug-likeness (QED) is 0.769. The van der Waals surface area contributed by atoms with Crippen LogP contribution in [0.5, 0.6) is 0 Å². The summed E-state index contributed by atoms with van der Waals surface area (Å²) in [5, 5.41) is 13.3. The number of amides is 1. The second-order valence-corrected chi connectivity index (χ2v) is 5.16. The minimum absolute atomic E-state index is 0.0525. The van der Waals surface area contributed by atoms with Gasteiger partial charge in [-0.2, -0.15) is 0 Å². The number of H-pyrrole nitrogens is 1. The molecule has 1 aromatic carbocycles. The van der Waals surface area contributed by atoms with Crippen LogP contribution in [0.25, 0.3) is 10.9 Å². The maximum absolute atomic E-state index is 12.1. The van der Waals surface area contributed by atoms with Crippen molar-refractivity contribution in [2.45, 2.75) is 32.2 Å². The Kier molecular flexibility index (Phi) is 3.90. The third kappa shape index (κ3) is 2.96. The maximum atomic E-state index is 12.1. The normalized spacial score (nSPS) is 14.3. The van der Waals surface area contributed by atoms with Crippen LogP contribution in [-0.4, -0.2) is 28.1 Å². The Morgan fingerprint density at radius 3 is 2.84 bits per heavy atom. The molecule has 1 heterocycles. The van der Waals surface area contributed by atoms with Crippen LogP contribution >= 0.6 is 0 Å². The number of carbonyl (C=O) groups is 1. The van der Waals surface area contributed by atoms with Crippen LogP contribution in [0.15, 0.2) is 30.5 Å². The SMILES string of the molecule is CCC(C)(CO)NC(=O)Cc1c[nH]c2ccccc12. The van der Waals surface area contributed by atoms with E-state index in [0.29, 0.717) is 12.8 Å². The number of rotatable bonds is 5. The smallest absolute Gasteiger partial charge is 0.224 e. The predicted molar refractivity (Wildman–Crippen MR) is 75.9 cm³/mol. The summed E-state index contributed by atoms with van der Waals surface area (Å²) in [6.07, 6.45) is 2.88. The third-order valence-corrected chi connectivity index (χ3v) is 3.60. The van der Waals surface area contributed by atoms with Gasteiger partial charge in [-0.05, 0) is 25.0 Å². The molecule has 1 amide bonds. The van der Waals surface area contributed by atoms with Gasteiger partial charge in [0.15, 0.2) is 0 Å². The molecule has 1 aromatic heterocycles. The second kappa shape index (κ2) is 5.45. The molecule has 0 radical (unpaired) electrons. The zero-order chi connectivity index (χ0) is 13.9. The fourth-order valence-corrected chi connectivity index (χ4v) is 2.07. The standard InChI is InChI=1S/C15H20N2O2/c1-3-15(2,10-18)17-14(19)8-11-9-16-13-7-5-4-6-12(11)13/h4-7,9,16,18H,3,8,10H2,1-2H3,(H,17,19). The molecule has 0 aliphatic rings. The van der Waals surface area contributed by atoms with Gasteiger partial charge in [0.05, 0.1) is 18.6 Å². The fourth-order valence-electron chi connectivity index (χ4n) is 2.07. The lowest BCUT2D eigenvalue weighted by molar-refractivity contribution is -0.122. The Labute approximate surface area is 112 Å². The molecule has 0 spiro atoms. The van der Waals surface area contributed by atoms with Gasteiger partial charge in [-0.15, -0.1) is 0 Å². The molecule has 0 aliphatic carbocycles. The fraction of sp³-hybridized carbons (Fsp3) is 0.400. The van der Waals surface area contributed by atoms with Gasteiger partial charge in [0.2, 0.25) is 5.91 Å². The highest BCUT2D eigenvalue weighted by atomic mass is 16.3. The summed E-state index contributed by atoms with van der Waals surface area (Å²) in [5.74, 6) is -0.0665. The minimum Gasteiger partial charge on any atom is -0.394 e. The molecule has 3 N–H and O–H groups in total. The molecule has 1 unspecified atom stereocenters. The number of nitrogens with one attached hydrogen (secondary N) is 2. The van der Waals surface area contributed by atoms with Crippen molar-refractivity contribution >= 4 is 16.8 Å². The molecule has 0 fully saturated rings. The van der Waals surface area contributed by atoms with Gasteiger partial charge in [-0.1, -0.05) is 25.1 Å². The first kappa shape index (κ1) is 13.6. The Morgan fingerprint density at radius 2 is 2.16 bits per heavy atom. The zero-order valence-corrected chi connectivity index (χ0v) is 11.4. The van der Waals surface area contributed by atoms with Crippen molar-refractivity contribution in [3.05, 3.63) is 36.0 Å². The first-order valence-corrected chi connectivity index (χ1v) is 6.55. The molecular weight excluding hydrogens is 240 g/mol. The molecule has 102 valence electrons. The van der Waals surface area contributed by atoms with Gasteiger partial charge in [0.25, 0.3) is 0 Å². The van der Waals surface area contributed by atoms with Crippen LogP contribution < -0.4 is 5.32 Å². The van der Waals surface area contributed by atoms with Crippen molar-refractivity contribution in [3.63, 3.8) is 0 Å². The molecule has 2 aromatic rings. The van der Waals surface area contributed by atoms with E-state index >= 15 is 0 Å². The molecule has 0 aliphatic heterocycles. The van der Waals surface area contributed by atoms with Crippen LogP contribution in [0.4, 0.5) is 0 Å². The number of hydrogen-bond acceptors (Lipinski definition) is 2. The molecule has 19 heavy (non-hydrogen) atoms. The van der Waals surface area contributed by atoms with E-state index in [4.69, 9.17) is 0 Å². The van der Waals surface area contributed by atoms with Crippen molar-refractivity contribution in [3.8, 4) is 0 Å². The summed E-state index contributed by atoms with van der Waals surface area (Å²) in [6.45, 7) is 3.74. The summed E-state index contributed by atoms with van der Waals surface area (Å²) in [4.78, 5) is 15.2. The summed E-state index contributed by atoms with van der Waals surface area (Å²) in [7, 11) is 0. The molecule has 0 bridgehead atoms. The minimum atomic E-state index is -0.538. The largest absolute Gasteiger partial charge is 0.394 e. The van der Waals surface area contributed by atoms with E-state index in [1.807, 2.05) is 44.3 Å². The second-order valence-electron chi connectivity index (χ2n) is 5.16. The number of aromatic nitrogens is 1. The van der Waals surface area contributed by atoms with Gasteiger partial charge in [-0.3, -0.25) is 4.79 Å². The van der Waals surface area contributed by atoms with Gasteiger partial charge >= 0.3 is 0 Å². The Morgan fingerprint density at radius 1 is 1.42 bits per heavy atom. The highest BCUT2D eigenvalue weighted by molar-refractivity contribution is 5.89. The number of para-hydroxylation sites is 1. The molecule has 0 saturated heterocycles. The van der Waals surface area contributed by atoms with Crippen LogP contribution in [0.2, 0.25) is 0 Å². The van der Waals surface area contributed by atoms with E-state index < -0.39 is 5.54 Å². The van der Waals surface area contributed by atoms with Gasteiger partial charge in [0.1, 0.15) is 0 Å². The van der Waals surface area contributed by atoms with Crippen LogP contribution in [0, 0.1) is 0 Å². The first-order valence-electron chi connectivity index (χ1n) is 6.55. The highest BCUT2D eigenvalue weighted by Gasteiger charge is 2.23. The predicted octanol–water partition coefficient (Wildman–Crippen LogP) is 1.99. The van der Waals surface area contributed by atoms with Gasteiger partial charge in [0, 0.05) is 17.1 Å². The van der Waals surface area contributed by atoms with E-state index in [0.717, 1.165) is 16.5 Å². The van der Waals surface area contributed by atoms with Crippen molar-refractivity contribution < 1.29 is 9.90 Å². The number of aliphatic hydroxyl groups is 1. The van der Waals surface area contributed by atoms with Crippen LogP contribution in [0.3, 0.4) is 0 Å². The lowest BCUT2D eigenvalue weighted by Crippen LogP contribution is -2.48. The molecule has 4 nitrogen and oxygen atoms in total. The van der Waals surface area contributed by atoms with E-state index in [1.54, 1.807) is 0 Å². The molecule has 0 saturated carbocycles. The Bertz CT molecular complexity index is 570. The average Bonchev–Trinajstić information content (AvgIpc) is 2.82. The molecule has 4 heteroatoms. The van der Waals surface area contributed by atoms with Crippen LogP contribution in [-0.2, 0) is 11.2 Å². The summed E-state index contributed by atoms with van der Waals surface area (Å²) < 4.78 is 0. The van der Waals surface area contributed by atoms with E-state index in [1.165, 1.54) is 0 Å². The third-order valence-electron chi connectivity index (χ3n) is 3.60. The monoisotopic (exact) mass is 260 g/mol. The van der Waals surface area contributed by atoms with Crippen molar-refractivity contribution in [1.82, 2.24) is 10.3 Å². The lowest BCUT2D eigenvalue weighted by atomic mass is 9.99. The molecule has 1 atom stereocenters. The van der Waals surface area contributed by atoms with Crippen LogP contribution in [0.1, 0.15) is 25.8 Å². The summed E-state index contributed by atoms with van der Waals surface area (Å²) >= 11 is 0. The lowest BCUT2D eigenvalue weighted by Gasteiger charge is -2.27. The van der Waals surface area contributed by atoms with Crippen molar-refractivity contribution in [1.29, 1.82) is 0 Å². The Balaban J connectivity index is 2.11. The number of fused-ring (bicyclic) bond motifs is 1. The average molecular weight is 260 g/mol. The van der Waals surface area contributed by atoms with Crippen molar-refractivity contribution in [2.75, 3.05) is 6.61 Å². The Hall–Kier alpha value is -1.81. The summed E-state index contributed by atoms with van der Waals surface area (Å²) in [6, 6.07) is 7.91. The first-order chi connectivity index (χ1) is 9.08. The number of hydrogen-bond donors (Lipinski definition) is 3. The van der Waals surface area contributed by atoms with E-state index in [-0.39, 0.29) is 12.5 Å². The van der Waals surface area contributed by atoms with Gasteiger partial charge in [-0.25, -0.2) is 0 Å². The van der Waals surface area contributed by atoms with E-state index in [2.05, 4.69) is 10.3 Å². The summed E-state index contributed by atoms with van der Waals surface area (Å²) in [5.41, 5.74) is 1.47. The zero-order valence-electron chi connectivity index (χ0n) is 11.4. The number of benzene rings is 1. The molecular formula is C15H20N2O2. The van der Waals surface area contributed by atoms with Gasteiger partial charge < -0.3 is 15.4 Å². The maximum Gasteiger partial charge on any atom is 0.224 e. The number of aliphatic hydroxyl groups excluding tert-OH is 1. The van der Waals surface area contributed by atoms with E-state index in [9.17, 15) is 9.90 Å². The highest BCUT2D eigenvalue weighted by Crippen LogP contribution is 2.18. The number of carbonyl (C=O) groups excluding carboxylic acids is 1. The topological polar surface area (TPSA) is 65.1 Å². The number of aromatic amines is 1. The molecule has 2 rings (SSSR count).